The number of phenols is 1. The van der Waals surface area contributed by atoms with Gasteiger partial charge in [0.1, 0.15) is 0 Å². The molecule has 2 fully saturated rings. The van der Waals surface area contributed by atoms with Crippen LogP contribution in [0.3, 0.4) is 0 Å². The van der Waals surface area contributed by atoms with Crippen LogP contribution in [0.5, 0.6) is 11.5 Å². The normalized spacial score (nSPS) is 32.6. The number of nitrogens with zero attached hydrogens (tertiary/aromatic N) is 2. The van der Waals surface area contributed by atoms with E-state index in [0.717, 1.165) is 59.8 Å². The number of hydrogen-bond donors (Lipinski definition) is 2. The summed E-state index contributed by atoms with van der Waals surface area (Å²) in [6, 6.07) is 16.4. The van der Waals surface area contributed by atoms with Crippen molar-refractivity contribution >= 4 is 0 Å². The van der Waals surface area contributed by atoms with Gasteiger partial charge in [0.2, 0.25) is 0 Å². The summed E-state index contributed by atoms with van der Waals surface area (Å²) in [6.45, 7) is 2.03. The number of rotatable bonds is 3. The van der Waals surface area contributed by atoms with Crippen LogP contribution in [-0.2, 0) is 18.3 Å². The van der Waals surface area contributed by atoms with E-state index < -0.39 is 11.0 Å². The van der Waals surface area contributed by atoms with Crippen LogP contribution < -0.4 is 4.74 Å². The lowest BCUT2D eigenvalue weighted by Crippen LogP contribution is -2.74. The minimum Gasteiger partial charge on any atom is -0.504 e. The fourth-order valence-electron chi connectivity index (χ4n) is 7.63. The van der Waals surface area contributed by atoms with Crippen LogP contribution in [0.4, 0.5) is 0 Å². The van der Waals surface area contributed by atoms with Crippen LogP contribution in [0.1, 0.15) is 47.8 Å². The zero-order valence-electron chi connectivity index (χ0n) is 19.1. The van der Waals surface area contributed by atoms with Crippen LogP contribution in [0.2, 0.25) is 0 Å². The Labute approximate surface area is 199 Å². The quantitative estimate of drug-likeness (QED) is 0.625. The molecule has 0 amide bonds. The summed E-state index contributed by atoms with van der Waals surface area (Å²) in [5.74, 6) is 1.51. The molecule has 3 aromatic rings. The number of phenolic OH excluding ortho intramolecular Hbond substituents is 1. The first-order valence-corrected chi connectivity index (χ1v) is 12.6. The molecular formula is C29H28N2O3. The van der Waals surface area contributed by atoms with Crippen LogP contribution in [0.25, 0.3) is 11.1 Å². The molecule has 172 valence electrons. The van der Waals surface area contributed by atoms with Gasteiger partial charge in [-0.15, -0.1) is 0 Å². The number of aliphatic hydroxyl groups is 1. The van der Waals surface area contributed by atoms with Gasteiger partial charge in [0.25, 0.3) is 0 Å². The highest BCUT2D eigenvalue weighted by atomic mass is 16.5. The number of benzene rings is 2. The standard InChI is InChI=1S/C29H28N2O3/c32-22-9-8-19-13-23-29(33)14-20-12-21(18-4-2-1-3-5-18)15-30-25(20)27-28(29,24(19)26(22)34-27)10-11-31(23)16-17-6-7-17/h1-5,8-9,12,15,17,23,27,32-33H,6-7,10-11,13-14,16H2/t23-,27-,28-,29+/m0/s1. The number of fused-ring (bicyclic) bond motifs is 2. The average Bonchev–Trinajstić information content (AvgIpc) is 3.59. The first-order valence-electron chi connectivity index (χ1n) is 12.6. The third-order valence-corrected chi connectivity index (χ3v) is 9.33. The molecule has 4 atom stereocenters. The van der Waals surface area contributed by atoms with E-state index in [1.54, 1.807) is 6.07 Å². The van der Waals surface area contributed by atoms with Gasteiger partial charge in [-0.1, -0.05) is 36.4 Å². The van der Waals surface area contributed by atoms with Gasteiger partial charge in [0.05, 0.1) is 16.7 Å². The van der Waals surface area contributed by atoms with E-state index in [0.29, 0.717) is 12.2 Å². The van der Waals surface area contributed by atoms with Gasteiger partial charge in [0.15, 0.2) is 17.6 Å². The fourth-order valence-corrected chi connectivity index (χ4v) is 7.63. The maximum atomic E-state index is 12.8. The maximum Gasteiger partial charge on any atom is 0.166 e. The van der Waals surface area contributed by atoms with E-state index in [4.69, 9.17) is 9.72 Å². The lowest BCUT2D eigenvalue weighted by Gasteiger charge is -2.63. The van der Waals surface area contributed by atoms with Gasteiger partial charge in [-0.2, -0.15) is 0 Å². The summed E-state index contributed by atoms with van der Waals surface area (Å²) in [5, 5.41) is 23.6. The summed E-state index contributed by atoms with van der Waals surface area (Å²) in [7, 11) is 0. The maximum absolute atomic E-state index is 12.8. The third-order valence-electron chi connectivity index (χ3n) is 9.33. The lowest BCUT2D eigenvalue weighted by atomic mass is 9.49. The van der Waals surface area contributed by atoms with Gasteiger partial charge in [-0.25, -0.2) is 0 Å². The zero-order chi connectivity index (χ0) is 22.7. The second-order valence-electron chi connectivity index (χ2n) is 11.1. The second-order valence-corrected chi connectivity index (χ2v) is 11.1. The largest absolute Gasteiger partial charge is 0.504 e. The van der Waals surface area contributed by atoms with Crippen molar-refractivity contribution in [1.82, 2.24) is 9.88 Å². The van der Waals surface area contributed by atoms with E-state index in [9.17, 15) is 10.2 Å². The number of pyridine rings is 1. The first kappa shape index (κ1) is 19.4. The van der Waals surface area contributed by atoms with E-state index >= 15 is 0 Å². The summed E-state index contributed by atoms with van der Waals surface area (Å²) < 4.78 is 6.58. The van der Waals surface area contributed by atoms with Crippen molar-refractivity contribution < 1.29 is 14.9 Å². The summed E-state index contributed by atoms with van der Waals surface area (Å²) >= 11 is 0. The molecule has 1 aromatic heterocycles. The zero-order valence-corrected chi connectivity index (χ0v) is 19.1. The second kappa shape index (κ2) is 6.41. The van der Waals surface area contributed by atoms with Gasteiger partial charge < -0.3 is 14.9 Å². The van der Waals surface area contributed by atoms with Crippen LogP contribution in [-0.4, -0.2) is 44.8 Å². The molecule has 2 aliphatic heterocycles. The molecule has 5 nitrogen and oxygen atoms in total. The van der Waals surface area contributed by atoms with E-state index in [1.165, 1.54) is 18.4 Å². The van der Waals surface area contributed by atoms with E-state index in [2.05, 4.69) is 29.2 Å². The molecule has 0 radical (unpaired) electrons. The summed E-state index contributed by atoms with van der Waals surface area (Å²) in [5.41, 5.74) is 4.92. The number of aromatic hydroxyl groups is 1. The number of likely N-dealkylation sites (tertiary alicyclic amines) is 1. The molecule has 2 bridgehead atoms. The summed E-state index contributed by atoms with van der Waals surface area (Å²) in [4.78, 5) is 7.52. The first-order chi connectivity index (χ1) is 16.6. The Morgan fingerprint density at radius 1 is 1.06 bits per heavy atom. The predicted octanol–water partition coefficient (Wildman–Crippen LogP) is 4.15. The molecule has 1 saturated carbocycles. The Bertz CT molecular complexity index is 1340. The molecule has 34 heavy (non-hydrogen) atoms. The molecule has 1 saturated heterocycles. The van der Waals surface area contributed by atoms with E-state index in [-0.39, 0.29) is 17.9 Å². The van der Waals surface area contributed by atoms with Gasteiger partial charge >= 0.3 is 0 Å². The van der Waals surface area contributed by atoms with Crippen LogP contribution in [0, 0.1) is 5.92 Å². The molecule has 2 N–H and O–H groups in total. The number of hydrogen-bond acceptors (Lipinski definition) is 5. The van der Waals surface area contributed by atoms with Crippen molar-refractivity contribution in [3.8, 4) is 22.6 Å². The molecule has 8 rings (SSSR count). The Morgan fingerprint density at radius 2 is 1.91 bits per heavy atom. The van der Waals surface area contributed by atoms with Crippen molar-refractivity contribution in [3.63, 3.8) is 0 Å². The van der Waals surface area contributed by atoms with Crippen LogP contribution in [0.15, 0.2) is 54.7 Å². The highest BCUT2D eigenvalue weighted by Gasteiger charge is 2.72. The monoisotopic (exact) mass is 452 g/mol. The molecule has 3 heterocycles. The molecule has 5 heteroatoms. The summed E-state index contributed by atoms with van der Waals surface area (Å²) in [6.07, 6.45) is 6.36. The van der Waals surface area contributed by atoms with Crippen molar-refractivity contribution in [2.24, 2.45) is 5.92 Å². The number of ether oxygens (including phenoxy) is 1. The molecule has 0 unspecified atom stereocenters. The minimum absolute atomic E-state index is 0.0458. The molecule has 2 aromatic carbocycles. The highest BCUT2D eigenvalue weighted by Crippen LogP contribution is 2.68. The molecule has 3 aliphatic carbocycles. The van der Waals surface area contributed by atoms with Crippen molar-refractivity contribution in [1.29, 1.82) is 0 Å². The minimum atomic E-state index is -0.957. The Morgan fingerprint density at radius 3 is 2.74 bits per heavy atom. The van der Waals surface area contributed by atoms with Gasteiger partial charge in [0, 0.05) is 36.3 Å². The predicted molar refractivity (Wildman–Crippen MR) is 128 cm³/mol. The van der Waals surface area contributed by atoms with Gasteiger partial charge in [-0.3, -0.25) is 9.88 Å². The SMILES string of the molecule is Oc1ccc2c3c1O[C@H]1c4ncc(-c5ccccc5)cc4C[C@@]4(O)[C@H](C2)N(CC2CC2)CC[C@]314. The Balaban J connectivity index is 1.34. The van der Waals surface area contributed by atoms with E-state index in [1.807, 2.05) is 24.4 Å². The smallest absolute Gasteiger partial charge is 0.166 e. The number of aromatic nitrogens is 1. The molecular weight excluding hydrogens is 424 g/mol. The van der Waals surface area contributed by atoms with Crippen LogP contribution >= 0.6 is 0 Å². The highest BCUT2D eigenvalue weighted by molar-refractivity contribution is 5.67. The molecule has 1 spiro atoms. The topological polar surface area (TPSA) is 65.8 Å². The Hall–Kier alpha value is -2.89. The average molecular weight is 453 g/mol. The van der Waals surface area contributed by atoms with Crippen molar-refractivity contribution in [2.75, 3.05) is 13.1 Å². The number of piperidine rings is 1. The Kier molecular flexibility index (Phi) is 3.66. The third kappa shape index (κ3) is 2.30. The van der Waals surface area contributed by atoms with Crippen molar-refractivity contribution in [3.05, 3.63) is 77.1 Å². The van der Waals surface area contributed by atoms with Crippen molar-refractivity contribution in [2.45, 2.75) is 55.3 Å². The fraction of sp³-hybridized carbons (Fsp3) is 0.414. The molecule has 5 aliphatic rings. The van der Waals surface area contributed by atoms with Gasteiger partial charge in [-0.05, 0) is 67.0 Å². The lowest BCUT2D eigenvalue weighted by molar-refractivity contribution is -0.173.